The van der Waals surface area contributed by atoms with Crippen molar-refractivity contribution in [1.82, 2.24) is 0 Å². The molecule has 2 aromatic carbocycles. The van der Waals surface area contributed by atoms with E-state index in [1.54, 1.807) is 20.8 Å². The molecule has 0 aromatic heterocycles. The summed E-state index contributed by atoms with van der Waals surface area (Å²) in [5.41, 5.74) is 2.54. The standard InChI is InChI=1S/C17H15F5O3S/c1-6-7(2)9(4)17(10(5)8(6)3)26(23,24)25-16-14(21)12(19)11(18)13(20)15(16)22/h1-5H3. The van der Waals surface area contributed by atoms with E-state index in [4.69, 9.17) is 0 Å². The maximum absolute atomic E-state index is 13.8. The smallest absolute Gasteiger partial charge is 0.339 e. The second kappa shape index (κ2) is 6.53. The molecule has 0 spiro atoms. The summed E-state index contributed by atoms with van der Waals surface area (Å²) in [4.78, 5) is -0.373. The van der Waals surface area contributed by atoms with Crippen LogP contribution in [0.1, 0.15) is 27.8 Å². The van der Waals surface area contributed by atoms with Crippen molar-refractivity contribution in [3.63, 3.8) is 0 Å². The molecule has 2 rings (SSSR count). The van der Waals surface area contributed by atoms with Gasteiger partial charge < -0.3 is 4.18 Å². The second-order valence-corrected chi connectivity index (χ2v) is 7.37. The fourth-order valence-electron chi connectivity index (χ4n) is 2.65. The molecular weight excluding hydrogens is 379 g/mol. The van der Waals surface area contributed by atoms with E-state index in [1.807, 2.05) is 0 Å². The Morgan fingerprint density at radius 3 is 1.27 bits per heavy atom. The molecule has 0 N–H and O–H groups in total. The maximum atomic E-state index is 13.8. The van der Waals surface area contributed by atoms with Gasteiger partial charge in [0.15, 0.2) is 0 Å². The Labute approximate surface area is 147 Å². The Morgan fingerprint density at radius 1 is 0.577 bits per heavy atom. The van der Waals surface area contributed by atoms with Crippen LogP contribution in [-0.2, 0) is 10.1 Å². The van der Waals surface area contributed by atoms with Gasteiger partial charge in [0.05, 0.1) is 0 Å². The topological polar surface area (TPSA) is 43.4 Å². The molecule has 0 aliphatic carbocycles. The van der Waals surface area contributed by atoms with Gasteiger partial charge in [-0.1, -0.05) is 0 Å². The minimum absolute atomic E-state index is 0.259. The molecule has 0 bridgehead atoms. The first kappa shape index (κ1) is 20.2. The van der Waals surface area contributed by atoms with Gasteiger partial charge in [-0.3, -0.25) is 0 Å². The molecule has 142 valence electrons. The van der Waals surface area contributed by atoms with Crippen LogP contribution >= 0.6 is 0 Å². The third kappa shape index (κ3) is 2.94. The predicted molar refractivity (Wildman–Crippen MR) is 84.2 cm³/mol. The minimum atomic E-state index is -4.86. The van der Waals surface area contributed by atoms with Crippen LogP contribution in [0.15, 0.2) is 4.90 Å². The quantitative estimate of drug-likeness (QED) is 0.328. The van der Waals surface area contributed by atoms with Gasteiger partial charge in [-0.05, 0) is 62.4 Å². The summed E-state index contributed by atoms with van der Waals surface area (Å²) in [6, 6.07) is 0. The van der Waals surface area contributed by atoms with Crippen LogP contribution in [0.5, 0.6) is 5.75 Å². The molecule has 0 radical (unpaired) electrons. The molecule has 0 atom stereocenters. The van der Waals surface area contributed by atoms with Gasteiger partial charge in [-0.15, -0.1) is 0 Å². The van der Waals surface area contributed by atoms with Gasteiger partial charge in [0.1, 0.15) is 4.90 Å². The highest BCUT2D eigenvalue weighted by Crippen LogP contribution is 2.35. The molecule has 3 nitrogen and oxygen atoms in total. The van der Waals surface area contributed by atoms with Crippen LogP contribution < -0.4 is 4.18 Å². The summed E-state index contributed by atoms with van der Waals surface area (Å²) >= 11 is 0. The van der Waals surface area contributed by atoms with Crippen LogP contribution in [0.4, 0.5) is 22.0 Å². The summed E-state index contributed by atoms with van der Waals surface area (Å²) in [5, 5.41) is 0. The number of benzene rings is 2. The lowest BCUT2D eigenvalue weighted by molar-refractivity contribution is 0.346. The number of hydrogen-bond acceptors (Lipinski definition) is 3. The van der Waals surface area contributed by atoms with E-state index in [0.29, 0.717) is 11.1 Å². The highest BCUT2D eigenvalue weighted by molar-refractivity contribution is 7.87. The lowest BCUT2D eigenvalue weighted by Crippen LogP contribution is -2.18. The van der Waals surface area contributed by atoms with Crippen LogP contribution in [0, 0.1) is 63.7 Å². The zero-order chi connectivity index (χ0) is 20.1. The number of rotatable bonds is 3. The van der Waals surface area contributed by atoms with Crippen LogP contribution in [0.2, 0.25) is 0 Å². The van der Waals surface area contributed by atoms with Crippen LogP contribution in [0.3, 0.4) is 0 Å². The SMILES string of the molecule is Cc1c(C)c(C)c(S(=O)(=O)Oc2c(F)c(F)c(F)c(F)c2F)c(C)c1C. The zero-order valence-electron chi connectivity index (χ0n) is 14.5. The number of hydrogen-bond donors (Lipinski definition) is 0. The Kier molecular flexibility index (Phi) is 5.06. The Morgan fingerprint density at radius 2 is 0.885 bits per heavy atom. The second-order valence-electron chi connectivity index (χ2n) is 5.89. The summed E-state index contributed by atoms with van der Waals surface area (Å²) < 4.78 is 96.7. The van der Waals surface area contributed by atoms with Crippen molar-refractivity contribution in [2.75, 3.05) is 0 Å². The summed E-state index contributed by atoms with van der Waals surface area (Å²) in [6.07, 6.45) is 0. The van der Waals surface area contributed by atoms with Crippen molar-refractivity contribution >= 4 is 10.1 Å². The highest BCUT2D eigenvalue weighted by Gasteiger charge is 2.33. The zero-order valence-corrected chi connectivity index (χ0v) is 15.3. The molecule has 26 heavy (non-hydrogen) atoms. The molecule has 0 fully saturated rings. The van der Waals surface area contributed by atoms with Crippen LogP contribution in [-0.4, -0.2) is 8.42 Å². The third-order valence-corrected chi connectivity index (χ3v) is 6.04. The van der Waals surface area contributed by atoms with Gasteiger partial charge in [0.2, 0.25) is 34.8 Å². The molecule has 0 saturated carbocycles. The lowest BCUT2D eigenvalue weighted by atomic mass is 9.95. The van der Waals surface area contributed by atoms with Crippen molar-refractivity contribution in [3.05, 3.63) is 56.9 Å². The minimum Gasteiger partial charge on any atom is -0.372 e. The van der Waals surface area contributed by atoms with Gasteiger partial charge in [0.25, 0.3) is 0 Å². The molecule has 2 aromatic rings. The molecule has 0 unspecified atom stereocenters. The Bertz CT molecular complexity index is 972. The highest BCUT2D eigenvalue weighted by atomic mass is 32.2. The van der Waals surface area contributed by atoms with E-state index < -0.39 is 45.0 Å². The lowest BCUT2D eigenvalue weighted by Gasteiger charge is -2.19. The monoisotopic (exact) mass is 394 g/mol. The van der Waals surface area contributed by atoms with Crippen molar-refractivity contribution < 1.29 is 34.6 Å². The maximum Gasteiger partial charge on any atom is 0.339 e. The summed E-state index contributed by atoms with van der Waals surface area (Å²) in [7, 11) is -4.86. The first-order valence-electron chi connectivity index (χ1n) is 7.35. The molecule has 0 aliphatic rings. The van der Waals surface area contributed by atoms with Gasteiger partial charge in [-0.25, -0.2) is 13.2 Å². The average Bonchev–Trinajstić information content (AvgIpc) is 2.58. The fraction of sp³-hybridized carbons (Fsp3) is 0.294. The van der Waals surface area contributed by atoms with Crippen molar-refractivity contribution in [1.29, 1.82) is 0 Å². The predicted octanol–water partition coefficient (Wildman–Crippen LogP) is 4.69. The van der Waals surface area contributed by atoms with E-state index in [9.17, 15) is 30.4 Å². The average molecular weight is 394 g/mol. The summed E-state index contributed by atoms with van der Waals surface area (Å²) in [5.74, 6) is -13.6. The summed E-state index contributed by atoms with van der Waals surface area (Å²) in [6.45, 7) is 7.99. The number of halogens is 5. The van der Waals surface area contributed by atoms with E-state index in [1.165, 1.54) is 13.8 Å². The molecular formula is C17H15F5O3S. The van der Waals surface area contributed by atoms with E-state index in [-0.39, 0.29) is 16.0 Å². The van der Waals surface area contributed by atoms with E-state index >= 15 is 0 Å². The van der Waals surface area contributed by atoms with Crippen molar-refractivity contribution in [2.24, 2.45) is 0 Å². The van der Waals surface area contributed by atoms with Crippen LogP contribution in [0.25, 0.3) is 0 Å². The fourth-order valence-corrected chi connectivity index (χ4v) is 4.16. The Hall–Kier alpha value is -2.16. The third-order valence-electron chi connectivity index (χ3n) is 4.54. The van der Waals surface area contributed by atoms with Crippen molar-refractivity contribution in [2.45, 2.75) is 39.5 Å². The van der Waals surface area contributed by atoms with E-state index in [2.05, 4.69) is 4.18 Å². The first-order chi connectivity index (χ1) is 11.8. The normalized spacial score (nSPS) is 11.8. The van der Waals surface area contributed by atoms with Gasteiger partial charge >= 0.3 is 10.1 Å². The Balaban J connectivity index is 2.74. The molecule has 0 saturated heterocycles. The van der Waals surface area contributed by atoms with Crippen molar-refractivity contribution in [3.8, 4) is 5.75 Å². The largest absolute Gasteiger partial charge is 0.372 e. The van der Waals surface area contributed by atoms with Gasteiger partial charge in [-0.2, -0.15) is 17.2 Å². The first-order valence-corrected chi connectivity index (χ1v) is 8.76. The molecule has 0 aliphatic heterocycles. The van der Waals surface area contributed by atoms with E-state index in [0.717, 1.165) is 5.56 Å². The molecule has 9 heteroatoms. The molecule has 0 amide bonds. The van der Waals surface area contributed by atoms with Gasteiger partial charge in [0, 0.05) is 0 Å². The molecule has 0 heterocycles.